The fourth-order valence-corrected chi connectivity index (χ4v) is 5.74. The van der Waals surface area contributed by atoms with Crippen LogP contribution in [0.3, 0.4) is 0 Å². The van der Waals surface area contributed by atoms with Gasteiger partial charge in [-0.15, -0.1) is 0 Å². The van der Waals surface area contributed by atoms with Crippen LogP contribution in [0.5, 0.6) is 5.75 Å². The summed E-state index contributed by atoms with van der Waals surface area (Å²) in [6, 6.07) is 6.94. The minimum atomic E-state index is -4.52. The number of benzene rings is 2. The normalized spacial score (nSPS) is 18.8. The molecule has 0 saturated carbocycles. The molecule has 4 nitrogen and oxygen atoms in total. The summed E-state index contributed by atoms with van der Waals surface area (Å²) in [4.78, 5) is 12.7. The van der Waals surface area contributed by atoms with E-state index in [1.54, 1.807) is 12.1 Å². The smallest absolute Gasteiger partial charge is 0.416 e. The summed E-state index contributed by atoms with van der Waals surface area (Å²) in [5.41, 5.74) is 2.82. The van der Waals surface area contributed by atoms with E-state index < -0.39 is 23.0 Å². The number of allylic oxidation sites excluding steroid dienone is 2. The van der Waals surface area contributed by atoms with Crippen molar-refractivity contribution in [2.75, 3.05) is 12.4 Å². The van der Waals surface area contributed by atoms with Gasteiger partial charge in [0.05, 0.1) is 22.6 Å². The molecule has 2 aliphatic heterocycles. The molecular formula is C26H25ClF3NO3S. The maximum absolute atomic E-state index is 13.6. The van der Waals surface area contributed by atoms with Gasteiger partial charge in [0.1, 0.15) is 17.6 Å². The van der Waals surface area contributed by atoms with Crippen LogP contribution in [-0.4, -0.2) is 23.9 Å². The third-order valence-electron chi connectivity index (χ3n) is 5.93. The van der Waals surface area contributed by atoms with E-state index in [9.17, 15) is 18.0 Å². The Morgan fingerprint density at radius 1 is 1.23 bits per heavy atom. The minimum Gasteiger partial charge on any atom is -0.496 e. The van der Waals surface area contributed by atoms with Crippen LogP contribution < -0.4 is 10.1 Å². The topological polar surface area (TPSA) is 47.6 Å². The summed E-state index contributed by atoms with van der Waals surface area (Å²) < 4.78 is 52.3. The summed E-state index contributed by atoms with van der Waals surface area (Å²) in [5, 5.41) is 3.00. The molecule has 0 spiro atoms. The number of methoxy groups -OCH3 is 1. The molecule has 4 rings (SSSR count). The summed E-state index contributed by atoms with van der Waals surface area (Å²) in [7, 11) is 1.41. The van der Waals surface area contributed by atoms with Crippen molar-refractivity contribution in [2.24, 2.45) is 0 Å². The number of carbonyl (C=O) groups excluding carboxylic acids is 1. The zero-order valence-corrected chi connectivity index (χ0v) is 21.3. The van der Waals surface area contributed by atoms with Crippen molar-refractivity contribution in [3.8, 4) is 16.9 Å². The molecule has 2 aliphatic rings. The molecule has 0 saturated heterocycles. The van der Waals surface area contributed by atoms with Gasteiger partial charge in [-0.05, 0) is 62.6 Å². The third kappa shape index (κ3) is 5.33. The number of hydrogen-bond donors (Lipinski definition) is 1. The lowest BCUT2D eigenvalue weighted by Gasteiger charge is -2.33. The maximum atomic E-state index is 13.6. The first-order valence-electron chi connectivity index (χ1n) is 11.0. The Hall–Kier alpha value is -2.58. The van der Waals surface area contributed by atoms with Gasteiger partial charge < -0.3 is 14.8 Å². The molecule has 35 heavy (non-hydrogen) atoms. The summed E-state index contributed by atoms with van der Waals surface area (Å²) in [6.07, 6.45) is -0.238. The molecule has 0 radical (unpaired) electrons. The Morgan fingerprint density at radius 3 is 2.60 bits per heavy atom. The average molecular weight is 524 g/mol. The minimum absolute atomic E-state index is 0.112. The number of anilines is 1. The van der Waals surface area contributed by atoms with E-state index in [1.807, 2.05) is 32.9 Å². The molecule has 2 heterocycles. The lowest BCUT2D eigenvalue weighted by atomic mass is 9.85. The number of carbonyl (C=O) groups is 1. The van der Waals surface area contributed by atoms with Crippen LogP contribution in [-0.2, 0) is 22.3 Å². The van der Waals surface area contributed by atoms with E-state index in [0.717, 1.165) is 29.0 Å². The molecular weight excluding hydrogens is 499 g/mol. The number of hydrogen-bond acceptors (Lipinski definition) is 5. The molecule has 1 unspecified atom stereocenters. The zero-order chi connectivity index (χ0) is 25.5. The van der Waals surface area contributed by atoms with E-state index in [2.05, 4.69) is 5.32 Å². The van der Waals surface area contributed by atoms with Gasteiger partial charge in [0.15, 0.2) is 0 Å². The van der Waals surface area contributed by atoms with Crippen LogP contribution in [0.2, 0.25) is 0 Å². The van der Waals surface area contributed by atoms with E-state index in [1.165, 1.54) is 24.9 Å². The SMILES string of the molecule is COc1ccc(C(F)(F)F)cc1-c1ccc2c(c1COC(=O)C1CC=C(Cl)S1)C(C)=CC(C)(C)N2. The highest BCUT2D eigenvalue weighted by molar-refractivity contribution is 8.06. The van der Waals surface area contributed by atoms with Crippen LogP contribution in [0.15, 0.2) is 46.8 Å². The first-order valence-corrected chi connectivity index (χ1v) is 12.2. The standard InChI is InChI=1S/C26H25ClF3NO3S/c1-14-12-25(2,3)31-19-7-6-16(17-11-15(26(28,29)30)5-8-20(17)33-4)18(23(14)19)13-34-24(32)21-9-10-22(27)35-21/h5-8,10-12,21,31H,9,13H2,1-4H3. The third-order valence-corrected chi connectivity index (χ3v) is 7.41. The quantitative estimate of drug-likeness (QED) is 0.408. The maximum Gasteiger partial charge on any atom is 0.416 e. The van der Waals surface area contributed by atoms with Gasteiger partial charge in [-0.1, -0.05) is 41.6 Å². The molecule has 2 aromatic carbocycles. The van der Waals surface area contributed by atoms with Gasteiger partial charge in [-0.3, -0.25) is 4.79 Å². The van der Waals surface area contributed by atoms with E-state index >= 15 is 0 Å². The number of fused-ring (bicyclic) bond motifs is 1. The Kier molecular flexibility index (Phi) is 6.90. The number of esters is 1. The number of halogens is 4. The van der Waals surface area contributed by atoms with Crippen molar-refractivity contribution in [3.63, 3.8) is 0 Å². The van der Waals surface area contributed by atoms with Gasteiger partial charge >= 0.3 is 12.1 Å². The number of alkyl halides is 3. The molecule has 0 aromatic heterocycles. The monoisotopic (exact) mass is 523 g/mol. The number of rotatable bonds is 5. The van der Waals surface area contributed by atoms with Crippen LogP contribution in [0, 0.1) is 0 Å². The zero-order valence-electron chi connectivity index (χ0n) is 19.7. The second-order valence-corrected chi connectivity index (χ2v) is 10.9. The Bertz CT molecular complexity index is 1240. The lowest BCUT2D eigenvalue weighted by molar-refractivity contribution is -0.144. The predicted octanol–water partition coefficient (Wildman–Crippen LogP) is 7.62. The molecule has 186 valence electrons. The molecule has 9 heteroatoms. The molecule has 0 aliphatic carbocycles. The van der Waals surface area contributed by atoms with Gasteiger partial charge in [-0.25, -0.2) is 0 Å². The second kappa shape index (κ2) is 9.47. The largest absolute Gasteiger partial charge is 0.496 e. The summed E-state index contributed by atoms with van der Waals surface area (Å²) in [5.74, 6) is -0.134. The highest BCUT2D eigenvalue weighted by Gasteiger charge is 2.33. The Balaban J connectivity index is 1.83. The molecule has 0 bridgehead atoms. The predicted molar refractivity (Wildman–Crippen MR) is 135 cm³/mol. The summed E-state index contributed by atoms with van der Waals surface area (Å²) >= 11 is 7.23. The number of thioether (sulfide) groups is 1. The lowest BCUT2D eigenvalue weighted by Crippen LogP contribution is -2.32. The first kappa shape index (κ1) is 25.5. The van der Waals surface area contributed by atoms with Gasteiger partial charge in [-0.2, -0.15) is 13.2 Å². The fraction of sp³-hybridized carbons (Fsp3) is 0.346. The highest BCUT2D eigenvalue weighted by atomic mass is 35.5. The molecule has 1 N–H and O–H groups in total. The number of ether oxygens (including phenoxy) is 2. The van der Waals surface area contributed by atoms with Gasteiger partial charge in [0, 0.05) is 22.4 Å². The summed E-state index contributed by atoms with van der Waals surface area (Å²) in [6.45, 7) is 5.88. The van der Waals surface area contributed by atoms with Crippen molar-refractivity contribution in [1.29, 1.82) is 0 Å². The van der Waals surface area contributed by atoms with Gasteiger partial charge in [0.25, 0.3) is 0 Å². The van der Waals surface area contributed by atoms with Gasteiger partial charge in [0.2, 0.25) is 0 Å². The fourth-order valence-electron chi connectivity index (χ4n) is 4.51. The van der Waals surface area contributed by atoms with Crippen molar-refractivity contribution in [2.45, 2.75) is 50.8 Å². The second-order valence-electron chi connectivity index (χ2n) is 9.06. The molecule has 2 aromatic rings. The molecule has 0 amide bonds. The molecule has 0 fully saturated rings. The van der Waals surface area contributed by atoms with Crippen LogP contribution in [0.4, 0.5) is 18.9 Å². The van der Waals surface area contributed by atoms with Crippen molar-refractivity contribution >= 4 is 40.6 Å². The number of nitrogens with one attached hydrogen (secondary N) is 1. The Labute approximate surface area is 211 Å². The van der Waals surface area contributed by atoms with Crippen molar-refractivity contribution in [3.05, 3.63) is 63.5 Å². The van der Waals surface area contributed by atoms with E-state index in [-0.39, 0.29) is 17.7 Å². The first-order chi connectivity index (χ1) is 16.4. The Morgan fingerprint density at radius 2 is 1.97 bits per heavy atom. The molecule has 1 atom stereocenters. The van der Waals surface area contributed by atoms with Crippen molar-refractivity contribution < 1.29 is 27.4 Å². The van der Waals surface area contributed by atoms with E-state index in [0.29, 0.717) is 27.7 Å². The van der Waals surface area contributed by atoms with Crippen LogP contribution in [0.25, 0.3) is 16.7 Å². The average Bonchev–Trinajstić information content (AvgIpc) is 3.21. The van der Waals surface area contributed by atoms with E-state index in [4.69, 9.17) is 21.1 Å². The van der Waals surface area contributed by atoms with Crippen molar-refractivity contribution in [1.82, 2.24) is 0 Å². The highest BCUT2D eigenvalue weighted by Crippen LogP contribution is 2.44. The van der Waals surface area contributed by atoms with Crippen LogP contribution in [0.1, 0.15) is 43.9 Å². The van der Waals surface area contributed by atoms with Crippen LogP contribution >= 0.6 is 23.4 Å².